The van der Waals surface area contributed by atoms with E-state index in [9.17, 15) is 5.11 Å². The van der Waals surface area contributed by atoms with E-state index in [0.29, 0.717) is 22.4 Å². The molecular formula is C23H28N8O. The molecule has 1 aromatic carbocycles. The van der Waals surface area contributed by atoms with Crippen molar-refractivity contribution in [3.63, 3.8) is 0 Å². The maximum Gasteiger partial charge on any atom is 0.201 e. The van der Waals surface area contributed by atoms with Crippen LogP contribution in [0.5, 0.6) is 5.75 Å². The summed E-state index contributed by atoms with van der Waals surface area (Å²) in [6.07, 6.45) is 3.58. The number of aromatic nitrogens is 7. The monoisotopic (exact) mass is 432 g/mol. The van der Waals surface area contributed by atoms with Crippen LogP contribution in [0, 0.1) is 6.92 Å². The molecule has 1 aliphatic rings. The van der Waals surface area contributed by atoms with Gasteiger partial charge in [-0.05, 0) is 71.7 Å². The van der Waals surface area contributed by atoms with Crippen molar-refractivity contribution in [3.05, 3.63) is 42.2 Å². The normalized spacial score (nSPS) is 18.3. The Kier molecular flexibility index (Phi) is 4.56. The first-order valence-corrected chi connectivity index (χ1v) is 10.8. The third-order valence-corrected chi connectivity index (χ3v) is 6.07. The predicted octanol–water partition coefficient (Wildman–Crippen LogP) is 3.57. The predicted molar refractivity (Wildman–Crippen MR) is 122 cm³/mol. The van der Waals surface area contributed by atoms with Crippen LogP contribution in [0.3, 0.4) is 0 Å². The Morgan fingerprint density at radius 3 is 2.41 bits per heavy atom. The number of phenols is 1. The first kappa shape index (κ1) is 20.6. The summed E-state index contributed by atoms with van der Waals surface area (Å²) in [6.45, 7) is 10.8. The van der Waals surface area contributed by atoms with E-state index in [4.69, 9.17) is 0 Å². The van der Waals surface area contributed by atoms with Crippen molar-refractivity contribution in [1.82, 2.24) is 40.3 Å². The van der Waals surface area contributed by atoms with Crippen LogP contribution in [0.1, 0.15) is 52.3 Å². The molecule has 1 saturated heterocycles. The highest BCUT2D eigenvalue weighted by Crippen LogP contribution is 2.37. The second-order valence-corrected chi connectivity index (χ2v) is 10.0. The van der Waals surface area contributed by atoms with E-state index < -0.39 is 0 Å². The van der Waals surface area contributed by atoms with E-state index >= 15 is 0 Å². The van der Waals surface area contributed by atoms with Crippen molar-refractivity contribution < 1.29 is 5.11 Å². The number of hydrogen-bond acceptors (Lipinski definition) is 7. The van der Waals surface area contributed by atoms with Crippen LogP contribution in [0.15, 0.2) is 36.5 Å². The minimum Gasteiger partial charge on any atom is -0.507 e. The second kappa shape index (κ2) is 7.09. The fraction of sp³-hybridized carbons (Fsp3) is 0.435. The van der Waals surface area contributed by atoms with Crippen LogP contribution in [0.25, 0.3) is 28.1 Å². The zero-order valence-corrected chi connectivity index (χ0v) is 19.0. The highest BCUT2D eigenvalue weighted by atomic mass is 16.3. The summed E-state index contributed by atoms with van der Waals surface area (Å²) in [7, 11) is 0. The molecule has 0 atom stereocenters. The molecule has 2 N–H and O–H groups in total. The number of nitrogens with one attached hydrogen (secondary N) is 1. The Morgan fingerprint density at radius 2 is 1.75 bits per heavy atom. The van der Waals surface area contributed by atoms with Gasteiger partial charge >= 0.3 is 0 Å². The van der Waals surface area contributed by atoms with Gasteiger partial charge in [-0.25, -0.2) is 9.36 Å². The molecule has 0 bridgehead atoms. The Hall–Kier alpha value is -3.33. The third kappa shape index (κ3) is 3.62. The number of aryl methyl sites for hydroxylation is 1. The topological polar surface area (TPSA) is 107 Å². The lowest BCUT2D eigenvalue weighted by Gasteiger charge is -2.46. The molecule has 5 rings (SSSR count). The van der Waals surface area contributed by atoms with E-state index in [1.54, 1.807) is 16.9 Å². The van der Waals surface area contributed by atoms with Crippen LogP contribution in [-0.2, 0) is 0 Å². The fourth-order valence-electron chi connectivity index (χ4n) is 5.08. The van der Waals surface area contributed by atoms with Gasteiger partial charge in [0.2, 0.25) is 5.65 Å². The highest BCUT2D eigenvalue weighted by Gasteiger charge is 2.39. The van der Waals surface area contributed by atoms with Crippen LogP contribution in [0.4, 0.5) is 0 Å². The first-order valence-electron chi connectivity index (χ1n) is 10.8. The maximum absolute atomic E-state index is 10.7. The molecule has 166 valence electrons. The van der Waals surface area contributed by atoms with Crippen LogP contribution in [0.2, 0.25) is 0 Å². The lowest BCUT2D eigenvalue weighted by molar-refractivity contribution is 0.127. The van der Waals surface area contributed by atoms with Crippen molar-refractivity contribution in [3.8, 4) is 22.7 Å². The van der Waals surface area contributed by atoms with Gasteiger partial charge in [0.15, 0.2) is 0 Å². The lowest BCUT2D eigenvalue weighted by atomic mass is 9.80. The number of nitrogens with zero attached hydrogens (tertiary/aromatic N) is 7. The molecule has 4 aromatic rings. The molecule has 1 aliphatic heterocycles. The van der Waals surface area contributed by atoms with Gasteiger partial charge in [0.25, 0.3) is 0 Å². The van der Waals surface area contributed by atoms with Crippen molar-refractivity contribution in [2.24, 2.45) is 0 Å². The number of phenolic OH excluding ortho intramolecular Hbond substituents is 1. The van der Waals surface area contributed by atoms with Gasteiger partial charge in [0, 0.05) is 34.6 Å². The number of hydrogen-bond donors (Lipinski definition) is 2. The number of piperidine rings is 1. The Bertz CT molecular complexity index is 1290. The van der Waals surface area contributed by atoms with Crippen LogP contribution < -0.4 is 5.32 Å². The molecular weight excluding hydrogens is 404 g/mol. The molecule has 1 fully saturated rings. The Balaban J connectivity index is 1.49. The minimum atomic E-state index is -0.0154. The molecule has 3 aromatic heterocycles. The quantitative estimate of drug-likeness (QED) is 0.510. The molecule has 0 amide bonds. The van der Waals surface area contributed by atoms with E-state index in [1.165, 1.54) is 0 Å². The van der Waals surface area contributed by atoms with Gasteiger partial charge in [0.05, 0.1) is 17.4 Å². The number of aromatic hydroxyl groups is 1. The molecule has 4 heterocycles. The SMILES string of the molecule is Cc1ccnn1-c1ccc(-c2cc3nnn(C4CC(C)(C)NC(C)(C)C4)c3nn2)c(O)c1. The summed E-state index contributed by atoms with van der Waals surface area (Å²) in [5.41, 5.74) is 4.20. The summed E-state index contributed by atoms with van der Waals surface area (Å²) < 4.78 is 3.67. The van der Waals surface area contributed by atoms with Gasteiger partial charge in [-0.15, -0.1) is 15.3 Å². The highest BCUT2D eigenvalue weighted by molar-refractivity contribution is 5.77. The molecule has 32 heavy (non-hydrogen) atoms. The molecule has 0 unspecified atom stereocenters. The van der Waals surface area contributed by atoms with Crippen molar-refractivity contribution in [2.45, 2.75) is 64.6 Å². The largest absolute Gasteiger partial charge is 0.507 e. The summed E-state index contributed by atoms with van der Waals surface area (Å²) in [5.74, 6) is 0.111. The molecule has 9 nitrogen and oxygen atoms in total. The molecule has 0 spiro atoms. The summed E-state index contributed by atoms with van der Waals surface area (Å²) in [6, 6.07) is 9.32. The smallest absolute Gasteiger partial charge is 0.201 e. The third-order valence-electron chi connectivity index (χ3n) is 6.07. The maximum atomic E-state index is 10.7. The van der Waals surface area contributed by atoms with Crippen molar-refractivity contribution in [2.75, 3.05) is 0 Å². The zero-order chi connectivity index (χ0) is 22.7. The second-order valence-electron chi connectivity index (χ2n) is 10.0. The van der Waals surface area contributed by atoms with Crippen molar-refractivity contribution in [1.29, 1.82) is 0 Å². The average molecular weight is 433 g/mol. The summed E-state index contributed by atoms with van der Waals surface area (Å²) in [4.78, 5) is 0. The van der Waals surface area contributed by atoms with Gasteiger partial charge in [0.1, 0.15) is 11.3 Å². The summed E-state index contributed by atoms with van der Waals surface area (Å²) >= 11 is 0. The fourth-order valence-corrected chi connectivity index (χ4v) is 5.08. The molecule has 9 heteroatoms. The molecule has 0 radical (unpaired) electrons. The Morgan fingerprint density at radius 1 is 1.00 bits per heavy atom. The number of fused-ring (bicyclic) bond motifs is 1. The van der Waals surface area contributed by atoms with E-state index in [0.717, 1.165) is 24.2 Å². The number of rotatable bonds is 3. The van der Waals surface area contributed by atoms with Gasteiger partial charge < -0.3 is 10.4 Å². The Labute approximate surface area is 186 Å². The molecule has 0 aliphatic carbocycles. The number of benzene rings is 1. The average Bonchev–Trinajstić information content (AvgIpc) is 3.31. The van der Waals surface area contributed by atoms with E-state index in [-0.39, 0.29) is 22.9 Å². The van der Waals surface area contributed by atoms with Crippen molar-refractivity contribution >= 4 is 11.2 Å². The minimum absolute atomic E-state index is 0.0154. The van der Waals surface area contributed by atoms with Gasteiger partial charge in [-0.1, -0.05) is 5.21 Å². The van der Waals surface area contributed by atoms with E-state index in [1.807, 2.05) is 35.9 Å². The lowest BCUT2D eigenvalue weighted by Crippen LogP contribution is -2.58. The van der Waals surface area contributed by atoms with Gasteiger partial charge in [-0.3, -0.25) is 0 Å². The molecule has 0 saturated carbocycles. The summed E-state index contributed by atoms with van der Waals surface area (Å²) in [5, 5.41) is 36.3. The van der Waals surface area contributed by atoms with Crippen LogP contribution in [-0.4, -0.2) is 51.2 Å². The first-order chi connectivity index (χ1) is 15.1. The zero-order valence-electron chi connectivity index (χ0n) is 19.0. The van der Waals surface area contributed by atoms with Gasteiger partial charge in [-0.2, -0.15) is 5.10 Å². The van der Waals surface area contributed by atoms with E-state index in [2.05, 4.69) is 58.6 Å². The van der Waals surface area contributed by atoms with Crippen LogP contribution >= 0.6 is 0 Å². The standard InChI is InChI=1S/C23H28N8O/c1-14-8-9-24-30(14)15-6-7-17(20(32)10-15)18-11-19-21(27-25-18)31(29-26-19)16-12-22(2,3)28-23(4,5)13-16/h6-11,16,28,32H,12-13H2,1-5H3.